The maximum absolute atomic E-state index is 12.7. The zero-order valence-electron chi connectivity index (χ0n) is 14.1. The Hall–Kier alpha value is -2.64. The quantitative estimate of drug-likeness (QED) is 0.778. The van der Waals surface area contributed by atoms with E-state index in [0.717, 1.165) is 17.7 Å². The molecule has 0 radical (unpaired) electrons. The van der Waals surface area contributed by atoms with E-state index in [9.17, 15) is 13.2 Å². The van der Waals surface area contributed by atoms with Crippen molar-refractivity contribution in [2.45, 2.75) is 39.4 Å². The SMILES string of the molecule is CCn1nc([C@@H](C)c2ccc(C(F)(F)F)cc2)c2nc(C)nc(N)c21. The van der Waals surface area contributed by atoms with Gasteiger partial charge in [0.05, 0.1) is 11.3 Å². The average Bonchev–Trinajstić information content (AvgIpc) is 2.92. The minimum atomic E-state index is -4.35. The molecular formula is C17H18F3N5. The van der Waals surface area contributed by atoms with Gasteiger partial charge in [-0.05, 0) is 31.5 Å². The number of nitrogens with two attached hydrogens (primary N) is 1. The van der Waals surface area contributed by atoms with Crippen molar-refractivity contribution < 1.29 is 13.2 Å². The Morgan fingerprint density at radius 1 is 1.16 bits per heavy atom. The lowest BCUT2D eigenvalue weighted by molar-refractivity contribution is -0.137. The molecule has 25 heavy (non-hydrogen) atoms. The molecule has 0 aliphatic carbocycles. The number of halogens is 3. The van der Waals surface area contributed by atoms with Crippen LogP contribution in [0.15, 0.2) is 24.3 Å². The number of fused-ring (bicyclic) bond motifs is 1. The first-order chi connectivity index (χ1) is 11.7. The lowest BCUT2D eigenvalue weighted by atomic mass is 9.96. The second kappa shape index (κ2) is 6.02. The van der Waals surface area contributed by atoms with Crippen LogP contribution in [0.25, 0.3) is 11.0 Å². The fourth-order valence-electron chi connectivity index (χ4n) is 2.89. The molecule has 3 aromatic rings. The third-order valence-electron chi connectivity index (χ3n) is 4.20. The number of anilines is 1. The summed E-state index contributed by atoms with van der Waals surface area (Å²) in [5, 5.41) is 4.57. The van der Waals surface area contributed by atoms with Crippen LogP contribution in [0.4, 0.5) is 19.0 Å². The van der Waals surface area contributed by atoms with Crippen LogP contribution in [0.1, 0.15) is 42.4 Å². The van der Waals surface area contributed by atoms with Crippen molar-refractivity contribution in [1.82, 2.24) is 19.7 Å². The number of aromatic nitrogens is 4. The molecule has 0 bridgehead atoms. The van der Waals surface area contributed by atoms with Gasteiger partial charge in [-0.2, -0.15) is 18.3 Å². The van der Waals surface area contributed by atoms with Gasteiger partial charge in [-0.15, -0.1) is 0 Å². The number of aryl methyl sites for hydroxylation is 2. The Bertz CT molecular complexity index is 913. The molecule has 0 spiro atoms. The van der Waals surface area contributed by atoms with Gasteiger partial charge in [-0.3, -0.25) is 4.68 Å². The predicted molar refractivity (Wildman–Crippen MR) is 89.1 cm³/mol. The van der Waals surface area contributed by atoms with Crippen LogP contribution < -0.4 is 5.73 Å². The Morgan fingerprint density at radius 3 is 2.36 bits per heavy atom. The lowest BCUT2D eigenvalue weighted by Crippen LogP contribution is -2.06. The summed E-state index contributed by atoms with van der Waals surface area (Å²) in [6.45, 7) is 6.15. The largest absolute Gasteiger partial charge is 0.416 e. The second-order valence-corrected chi connectivity index (χ2v) is 5.90. The van der Waals surface area contributed by atoms with Crippen molar-refractivity contribution in [3.05, 3.63) is 46.9 Å². The summed E-state index contributed by atoms with van der Waals surface area (Å²) in [5.41, 5.74) is 8.04. The molecule has 1 atom stereocenters. The summed E-state index contributed by atoms with van der Waals surface area (Å²) in [4.78, 5) is 8.63. The van der Waals surface area contributed by atoms with Crippen LogP contribution in [0.3, 0.4) is 0 Å². The van der Waals surface area contributed by atoms with Crippen LogP contribution in [-0.4, -0.2) is 19.7 Å². The molecule has 2 N–H and O–H groups in total. The lowest BCUT2D eigenvalue weighted by Gasteiger charge is -2.12. The first-order valence-corrected chi connectivity index (χ1v) is 7.90. The van der Waals surface area contributed by atoms with E-state index in [4.69, 9.17) is 5.73 Å². The third kappa shape index (κ3) is 3.04. The van der Waals surface area contributed by atoms with Gasteiger partial charge >= 0.3 is 6.18 Å². The molecule has 0 aliphatic rings. The Morgan fingerprint density at radius 2 is 1.80 bits per heavy atom. The molecule has 0 saturated heterocycles. The Labute approximate surface area is 142 Å². The molecule has 132 valence electrons. The molecule has 0 unspecified atom stereocenters. The Kier molecular flexibility index (Phi) is 4.14. The number of alkyl halides is 3. The number of hydrogen-bond acceptors (Lipinski definition) is 4. The Balaban J connectivity index is 2.10. The highest BCUT2D eigenvalue weighted by Crippen LogP contribution is 2.33. The van der Waals surface area contributed by atoms with E-state index in [-0.39, 0.29) is 5.92 Å². The first kappa shape index (κ1) is 17.2. The van der Waals surface area contributed by atoms with Gasteiger partial charge in [0.15, 0.2) is 5.82 Å². The van der Waals surface area contributed by atoms with E-state index in [1.54, 1.807) is 11.6 Å². The van der Waals surface area contributed by atoms with Gasteiger partial charge in [0.1, 0.15) is 16.9 Å². The minimum Gasteiger partial charge on any atom is -0.382 e. The smallest absolute Gasteiger partial charge is 0.382 e. The number of benzene rings is 1. The molecule has 0 aliphatic heterocycles. The topological polar surface area (TPSA) is 69.6 Å². The standard InChI is InChI=1S/C17H18F3N5/c1-4-25-15-14(22-10(3)23-16(15)21)13(24-25)9(2)11-5-7-12(8-6-11)17(18,19)20/h5-9H,4H2,1-3H3,(H2,21,22,23)/t9-/m0/s1. The van der Waals surface area contributed by atoms with Crippen molar-refractivity contribution in [3.63, 3.8) is 0 Å². The van der Waals surface area contributed by atoms with E-state index in [2.05, 4.69) is 15.1 Å². The van der Waals surface area contributed by atoms with E-state index in [0.29, 0.717) is 34.9 Å². The van der Waals surface area contributed by atoms with Crippen molar-refractivity contribution >= 4 is 16.9 Å². The van der Waals surface area contributed by atoms with Crippen LogP contribution in [-0.2, 0) is 12.7 Å². The molecular weight excluding hydrogens is 331 g/mol. The molecule has 3 rings (SSSR count). The fraction of sp³-hybridized carbons (Fsp3) is 0.353. The monoisotopic (exact) mass is 349 g/mol. The second-order valence-electron chi connectivity index (χ2n) is 5.90. The number of nitrogens with zero attached hydrogens (tertiary/aromatic N) is 4. The highest BCUT2D eigenvalue weighted by atomic mass is 19.4. The summed E-state index contributed by atoms with van der Waals surface area (Å²) >= 11 is 0. The average molecular weight is 349 g/mol. The molecule has 0 saturated carbocycles. The molecule has 5 nitrogen and oxygen atoms in total. The number of rotatable bonds is 3. The van der Waals surface area contributed by atoms with Crippen LogP contribution in [0, 0.1) is 6.92 Å². The molecule has 2 heterocycles. The van der Waals surface area contributed by atoms with Gasteiger partial charge in [0.2, 0.25) is 0 Å². The first-order valence-electron chi connectivity index (χ1n) is 7.90. The minimum absolute atomic E-state index is 0.230. The van der Waals surface area contributed by atoms with Gasteiger partial charge in [-0.1, -0.05) is 19.1 Å². The van der Waals surface area contributed by atoms with E-state index >= 15 is 0 Å². The highest BCUT2D eigenvalue weighted by Gasteiger charge is 2.30. The predicted octanol–water partition coefficient (Wildman–Crippen LogP) is 3.91. The maximum atomic E-state index is 12.7. The summed E-state index contributed by atoms with van der Waals surface area (Å²) < 4.78 is 40.0. The van der Waals surface area contributed by atoms with Crippen molar-refractivity contribution in [3.8, 4) is 0 Å². The summed E-state index contributed by atoms with van der Waals surface area (Å²) in [6, 6.07) is 5.11. The molecule has 8 heteroatoms. The maximum Gasteiger partial charge on any atom is 0.416 e. The van der Waals surface area contributed by atoms with Crippen molar-refractivity contribution in [2.24, 2.45) is 0 Å². The summed E-state index contributed by atoms with van der Waals surface area (Å²) in [5.74, 6) is 0.649. The van der Waals surface area contributed by atoms with Crippen LogP contribution >= 0.6 is 0 Å². The molecule has 0 amide bonds. The van der Waals surface area contributed by atoms with E-state index < -0.39 is 11.7 Å². The van der Waals surface area contributed by atoms with Gasteiger partial charge in [0.25, 0.3) is 0 Å². The van der Waals surface area contributed by atoms with Gasteiger partial charge < -0.3 is 5.73 Å². The molecule has 1 aromatic carbocycles. The summed E-state index contributed by atoms with van der Waals surface area (Å²) in [7, 11) is 0. The normalized spacial score (nSPS) is 13.4. The van der Waals surface area contributed by atoms with Crippen LogP contribution in [0.5, 0.6) is 0 Å². The number of hydrogen-bond donors (Lipinski definition) is 1. The van der Waals surface area contributed by atoms with Crippen molar-refractivity contribution in [2.75, 3.05) is 5.73 Å². The van der Waals surface area contributed by atoms with Crippen molar-refractivity contribution in [1.29, 1.82) is 0 Å². The van der Waals surface area contributed by atoms with Gasteiger partial charge in [-0.25, -0.2) is 9.97 Å². The zero-order chi connectivity index (χ0) is 18.4. The molecule has 0 fully saturated rings. The van der Waals surface area contributed by atoms with Crippen LogP contribution in [0.2, 0.25) is 0 Å². The zero-order valence-corrected chi connectivity index (χ0v) is 14.1. The number of nitrogen functional groups attached to an aromatic ring is 1. The van der Waals surface area contributed by atoms with Gasteiger partial charge in [0, 0.05) is 12.5 Å². The molecule has 2 aromatic heterocycles. The van der Waals surface area contributed by atoms with E-state index in [1.165, 1.54) is 12.1 Å². The fourth-order valence-corrected chi connectivity index (χ4v) is 2.89. The summed E-state index contributed by atoms with van der Waals surface area (Å²) in [6.07, 6.45) is -4.35. The van der Waals surface area contributed by atoms with E-state index in [1.807, 2.05) is 13.8 Å². The highest BCUT2D eigenvalue weighted by molar-refractivity contribution is 5.87. The third-order valence-corrected chi connectivity index (χ3v) is 4.20.